The van der Waals surface area contributed by atoms with E-state index in [0.717, 1.165) is 37.9 Å². The topological polar surface area (TPSA) is 34.1 Å². The van der Waals surface area contributed by atoms with Gasteiger partial charge in [-0.3, -0.25) is 0 Å². The van der Waals surface area contributed by atoms with Crippen molar-refractivity contribution < 1.29 is 9.13 Å². The molecule has 2 nitrogen and oxygen atoms in total. The molecule has 0 aromatic heterocycles. The number of aryl methyl sites for hydroxylation is 3. The van der Waals surface area contributed by atoms with Crippen LogP contribution in [0.15, 0.2) is 133 Å². The van der Waals surface area contributed by atoms with E-state index in [2.05, 4.69) is 32.9 Å². The van der Waals surface area contributed by atoms with Gasteiger partial charge in [0, 0.05) is 27.4 Å². The second-order valence-electron chi connectivity index (χ2n) is 10.2. The van der Waals surface area contributed by atoms with Gasteiger partial charge >= 0.3 is 0 Å². The Balaban J connectivity index is 1.84. The predicted octanol–water partition coefficient (Wildman–Crippen LogP) is 7.68. The smallest absolute Gasteiger partial charge is 0.150 e. The van der Waals surface area contributed by atoms with Gasteiger partial charge in [0.25, 0.3) is 0 Å². The van der Waals surface area contributed by atoms with Crippen molar-refractivity contribution in [3.8, 4) is 0 Å². The van der Waals surface area contributed by atoms with E-state index >= 15 is 9.13 Å². The van der Waals surface area contributed by atoms with Crippen molar-refractivity contribution in [2.45, 2.75) is 26.4 Å². The summed E-state index contributed by atoms with van der Waals surface area (Å²) in [6.45, 7) is 6.29. The van der Waals surface area contributed by atoms with Crippen LogP contribution < -0.4 is 21.2 Å². The SMILES string of the molecule is Cc1cc(C)c(C(CP(=O)(c2ccccc2)c2ccccc2)P(=O)(c2ccccc2)c2ccccc2)cc1C. The van der Waals surface area contributed by atoms with Crippen molar-refractivity contribution >= 4 is 35.5 Å². The molecule has 0 aliphatic carbocycles. The van der Waals surface area contributed by atoms with Crippen LogP contribution >= 0.6 is 14.3 Å². The van der Waals surface area contributed by atoms with Gasteiger partial charge in [-0.25, -0.2) is 0 Å². The van der Waals surface area contributed by atoms with Gasteiger partial charge < -0.3 is 9.13 Å². The Morgan fingerprint density at radius 1 is 0.487 bits per heavy atom. The molecule has 0 saturated heterocycles. The lowest BCUT2D eigenvalue weighted by Gasteiger charge is -2.34. The highest BCUT2D eigenvalue weighted by atomic mass is 31.2. The zero-order chi connectivity index (χ0) is 27.5. The number of hydrogen-bond donors (Lipinski definition) is 0. The second kappa shape index (κ2) is 11.4. The van der Waals surface area contributed by atoms with Gasteiger partial charge in [-0.05, 0) is 43.0 Å². The molecule has 1 atom stereocenters. The average Bonchev–Trinajstić information content (AvgIpc) is 2.99. The molecule has 0 spiro atoms. The Hall–Kier alpha value is -3.44. The van der Waals surface area contributed by atoms with Crippen LogP contribution in [0, 0.1) is 20.8 Å². The summed E-state index contributed by atoms with van der Waals surface area (Å²) in [5, 5.41) is 3.14. The van der Waals surface area contributed by atoms with Crippen molar-refractivity contribution in [2.24, 2.45) is 0 Å². The Morgan fingerprint density at radius 2 is 0.846 bits per heavy atom. The molecular weight excluding hydrogens is 514 g/mol. The highest BCUT2D eigenvalue weighted by molar-refractivity contribution is 7.82. The van der Waals surface area contributed by atoms with E-state index in [1.54, 1.807) is 0 Å². The number of rotatable bonds is 8. The van der Waals surface area contributed by atoms with E-state index in [9.17, 15) is 0 Å². The zero-order valence-electron chi connectivity index (χ0n) is 22.7. The van der Waals surface area contributed by atoms with Crippen LogP contribution in [0.4, 0.5) is 0 Å². The summed E-state index contributed by atoms with van der Waals surface area (Å²) in [5.74, 6) is 0. The Morgan fingerprint density at radius 3 is 1.26 bits per heavy atom. The largest absolute Gasteiger partial charge is 0.314 e. The van der Waals surface area contributed by atoms with E-state index in [-0.39, 0.29) is 6.16 Å². The maximum Gasteiger partial charge on any atom is 0.150 e. The van der Waals surface area contributed by atoms with E-state index < -0.39 is 19.9 Å². The Kier molecular flexibility index (Phi) is 7.90. The van der Waals surface area contributed by atoms with Gasteiger partial charge in [-0.1, -0.05) is 133 Å². The lowest BCUT2D eigenvalue weighted by Crippen LogP contribution is -2.28. The summed E-state index contributed by atoms with van der Waals surface area (Å²) in [4.78, 5) is 0. The summed E-state index contributed by atoms with van der Waals surface area (Å²) in [7, 11) is -6.53. The fourth-order valence-corrected chi connectivity index (χ4v) is 12.7. The average molecular weight is 549 g/mol. The third kappa shape index (κ3) is 5.25. The molecule has 0 aliphatic heterocycles. The van der Waals surface area contributed by atoms with Crippen LogP contribution in [0.25, 0.3) is 0 Å². The zero-order valence-corrected chi connectivity index (χ0v) is 24.5. The predicted molar refractivity (Wildman–Crippen MR) is 168 cm³/mol. The van der Waals surface area contributed by atoms with Gasteiger partial charge in [0.15, 0.2) is 7.14 Å². The molecule has 5 aromatic carbocycles. The molecule has 4 heteroatoms. The summed E-state index contributed by atoms with van der Waals surface area (Å²) in [6, 6.07) is 43.4. The van der Waals surface area contributed by atoms with E-state index in [0.29, 0.717) is 0 Å². The van der Waals surface area contributed by atoms with Gasteiger partial charge in [-0.2, -0.15) is 0 Å². The summed E-state index contributed by atoms with van der Waals surface area (Å²) in [6.07, 6.45) is 0.255. The molecule has 0 radical (unpaired) electrons. The molecule has 0 bridgehead atoms. The first-order chi connectivity index (χ1) is 18.8. The first-order valence-electron chi connectivity index (χ1n) is 13.3. The third-order valence-corrected chi connectivity index (χ3v) is 14.6. The molecule has 0 saturated carbocycles. The van der Waals surface area contributed by atoms with Crippen molar-refractivity contribution in [2.75, 3.05) is 6.16 Å². The van der Waals surface area contributed by atoms with Crippen molar-refractivity contribution in [1.82, 2.24) is 0 Å². The van der Waals surface area contributed by atoms with Crippen LogP contribution in [0.1, 0.15) is 27.9 Å². The molecule has 0 amide bonds. The quantitative estimate of drug-likeness (QED) is 0.186. The maximum absolute atomic E-state index is 15.9. The minimum atomic E-state index is -3.33. The van der Waals surface area contributed by atoms with E-state index in [1.807, 2.05) is 121 Å². The summed E-state index contributed by atoms with van der Waals surface area (Å²) < 4.78 is 31.3. The fraction of sp³-hybridized carbons (Fsp3) is 0.143. The van der Waals surface area contributed by atoms with Gasteiger partial charge in [0.1, 0.15) is 7.14 Å². The normalized spacial score (nSPS) is 12.7. The lowest BCUT2D eigenvalue weighted by molar-refractivity contribution is 0.574. The maximum atomic E-state index is 15.9. The Bertz CT molecular complexity index is 1560. The number of benzene rings is 5. The molecule has 196 valence electrons. The molecule has 5 aromatic rings. The van der Waals surface area contributed by atoms with E-state index in [4.69, 9.17) is 0 Å². The van der Waals surface area contributed by atoms with Crippen LogP contribution in [0.5, 0.6) is 0 Å². The molecule has 0 heterocycles. The van der Waals surface area contributed by atoms with Crippen molar-refractivity contribution in [3.05, 3.63) is 156 Å². The van der Waals surface area contributed by atoms with Crippen LogP contribution in [-0.2, 0) is 9.13 Å². The van der Waals surface area contributed by atoms with Crippen LogP contribution in [-0.4, -0.2) is 6.16 Å². The Labute approximate surface area is 232 Å². The fourth-order valence-electron chi connectivity index (χ4n) is 5.50. The minimum Gasteiger partial charge on any atom is -0.314 e. The summed E-state index contributed by atoms with van der Waals surface area (Å²) >= 11 is 0. The first-order valence-corrected chi connectivity index (χ1v) is 17.0. The van der Waals surface area contributed by atoms with Crippen LogP contribution in [0.3, 0.4) is 0 Å². The molecule has 0 fully saturated rings. The van der Waals surface area contributed by atoms with Gasteiger partial charge in [-0.15, -0.1) is 0 Å². The summed E-state index contributed by atoms with van der Waals surface area (Å²) in [5.41, 5.74) is 3.91. The molecule has 0 aliphatic rings. The van der Waals surface area contributed by atoms with Gasteiger partial charge in [0.05, 0.1) is 5.66 Å². The highest BCUT2D eigenvalue weighted by Gasteiger charge is 2.43. The molecule has 1 unspecified atom stereocenters. The first kappa shape index (κ1) is 27.1. The minimum absolute atomic E-state index is 0.255. The molecule has 0 N–H and O–H groups in total. The molecular formula is C35H34O2P2. The highest BCUT2D eigenvalue weighted by Crippen LogP contribution is 2.63. The van der Waals surface area contributed by atoms with Crippen LogP contribution in [0.2, 0.25) is 0 Å². The second-order valence-corrected chi connectivity index (χ2v) is 16.1. The molecule has 39 heavy (non-hydrogen) atoms. The lowest BCUT2D eigenvalue weighted by atomic mass is 9.99. The van der Waals surface area contributed by atoms with Gasteiger partial charge in [0.2, 0.25) is 0 Å². The van der Waals surface area contributed by atoms with E-state index in [1.165, 1.54) is 5.56 Å². The third-order valence-electron chi connectivity index (χ3n) is 7.74. The standard InChI is InChI=1S/C35H34O2P2/c1-27-24-29(3)34(25-28(27)2)35(39(37,32-20-12-6-13-21-32)33-22-14-7-15-23-33)26-38(36,30-16-8-4-9-17-30)31-18-10-5-11-19-31/h4-25,35H,26H2,1-3H3. The monoisotopic (exact) mass is 548 g/mol. The number of hydrogen-bond acceptors (Lipinski definition) is 2. The van der Waals surface area contributed by atoms with Crippen molar-refractivity contribution in [3.63, 3.8) is 0 Å². The van der Waals surface area contributed by atoms with Crippen molar-refractivity contribution in [1.29, 1.82) is 0 Å². The molecule has 5 rings (SSSR count).